The molecule has 1 fully saturated rings. The van der Waals surface area contributed by atoms with Gasteiger partial charge < -0.3 is 24.4 Å². The standard InChI is InChI=1S/C18H28N2O4/c1-14-4-5-15(2)17(12-14)24-10-7-19-18(21)20-8-11-23-16(13-20)6-9-22-3/h4-5,12,16H,6-11,13H2,1-3H3,(H,19,21)/t16-/m1/s1. The van der Waals surface area contributed by atoms with Crippen molar-refractivity contribution in [2.45, 2.75) is 26.4 Å². The smallest absolute Gasteiger partial charge is 0.317 e. The minimum Gasteiger partial charge on any atom is -0.491 e. The van der Waals surface area contributed by atoms with Crippen molar-refractivity contribution in [1.82, 2.24) is 10.2 Å². The average Bonchev–Trinajstić information content (AvgIpc) is 2.59. The van der Waals surface area contributed by atoms with Crippen molar-refractivity contribution in [3.05, 3.63) is 29.3 Å². The van der Waals surface area contributed by atoms with Crippen molar-refractivity contribution < 1.29 is 19.0 Å². The summed E-state index contributed by atoms with van der Waals surface area (Å²) in [6, 6.07) is 6.05. The molecule has 0 spiro atoms. The van der Waals surface area contributed by atoms with Crippen molar-refractivity contribution >= 4 is 6.03 Å². The number of nitrogens with zero attached hydrogens (tertiary/aromatic N) is 1. The van der Waals surface area contributed by atoms with Crippen LogP contribution in [0.15, 0.2) is 18.2 Å². The van der Waals surface area contributed by atoms with Gasteiger partial charge in [-0.25, -0.2) is 4.79 Å². The second-order valence-corrected chi connectivity index (χ2v) is 6.07. The fraction of sp³-hybridized carbons (Fsp3) is 0.611. The van der Waals surface area contributed by atoms with Crippen molar-refractivity contribution in [3.8, 4) is 5.75 Å². The molecule has 0 unspecified atom stereocenters. The van der Waals surface area contributed by atoms with Gasteiger partial charge in [-0.2, -0.15) is 0 Å². The largest absolute Gasteiger partial charge is 0.491 e. The molecule has 1 atom stereocenters. The van der Waals surface area contributed by atoms with Crippen LogP contribution in [0.5, 0.6) is 5.75 Å². The van der Waals surface area contributed by atoms with E-state index in [1.165, 1.54) is 0 Å². The Bertz CT molecular complexity index is 536. The van der Waals surface area contributed by atoms with Crippen LogP contribution in [-0.2, 0) is 9.47 Å². The van der Waals surface area contributed by atoms with Crippen molar-refractivity contribution in [2.24, 2.45) is 0 Å². The van der Waals surface area contributed by atoms with Gasteiger partial charge in [0.1, 0.15) is 12.4 Å². The van der Waals surface area contributed by atoms with Gasteiger partial charge in [-0.1, -0.05) is 12.1 Å². The molecule has 2 amide bonds. The third-order valence-electron chi connectivity index (χ3n) is 4.05. The molecule has 0 saturated carbocycles. The molecule has 1 N–H and O–H groups in total. The lowest BCUT2D eigenvalue weighted by atomic mass is 10.1. The Kier molecular flexibility index (Phi) is 7.34. The molecular formula is C18H28N2O4. The predicted octanol–water partition coefficient (Wildman–Crippen LogP) is 2.13. The fourth-order valence-electron chi connectivity index (χ4n) is 2.62. The van der Waals surface area contributed by atoms with Gasteiger partial charge in [-0.3, -0.25) is 0 Å². The number of aryl methyl sites for hydroxylation is 2. The lowest BCUT2D eigenvalue weighted by Crippen LogP contribution is -2.50. The van der Waals surface area contributed by atoms with Crippen LogP contribution in [0.3, 0.4) is 0 Å². The van der Waals surface area contributed by atoms with Crippen LogP contribution >= 0.6 is 0 Å². The quantitative estimate of drug-likeness (QED) is 0.775. The van der Waals surface area contributed by atoms with E-state index in [-0.39, 0.29) is 12.1 Å². The Labute approximate surface area is 144 Å². The average molecular weight is 336 g/mol. The highest BCUT2D eigenvalue weighted by molar-refractivity contribution is 5.74. The molecule has 2 rings (SSSR count). The first-order valence-electron chi connectivity index (χ1n) is 8.43. The summed E-state index contributed by atoms with van der Waals surface area (Å²) in [5, 5.41) is 2.91. The number of ether oxygens (including phenoxy) is 3. The predicted molar refractivity (Wildman–Crippen MR) is 92.6 cm³/mol. The van der Waals surface area contributed by atoms with Gasteiger partial charge in [0.05, 0.1) is 19.3 Å². The number of hydrogen-bond acceptors (Lipinski definition) is 4. The van der Waals surface area contributed by atoms with Crippen LogP contribution in [0.25, 0.3) is 0 Å². The maximum atomic E-state index is 12.2. The minimum absolute atomic E-state index is 0.0515. The summed E-state index contributed by atoms with van der Waals surface area (Å²) in [7, 11) is 1.67. The summed E-state index contributed by atoms with van der Waals surface area (Å²) in [5.74, 6) is 0.871. The van der Waals surface area contributed by atoms with E-state index in [9.17, 15) is 4.79 Å². The molecule has 1 aromatic rings. The fourth-order valence-corrected chi connectivity index (χ4v) is 2.62. The maximum Gasteiger partial charge on any atom is 0.317 e. The highest BCUT2D eigenvalue weighted by Gasteiger charge is 2.23. The first kappa shape index (κ1) is 18.5. The number of methoxy groups -OCH3 is 1. The van der Waals surface area contributed by atoms with E-state index in [0.29, 0.717) is 39.5 Å². The monoisotopic (exact) mass is 336 g/mol. The third-order valence-corrected chi connectivity index (χ3v) is 4.05. The van der Waals surface area contributed by atoms with Crippen LogP contribution in [0.1, 0.15) is 17.5 Å². The van der Waals surface area contributed by atoms with E-state index in [0.717, 1.165) is 23.3 Å². The Hall–Kier alpha value is -1.79. The van der Waals surface area contributed by atoms with Crippen LogP contribution < -0.4 is 10.1 Å². The Balaban J connectivity index is 1.70. The summed E-state index contributed by atoms with van der Waals surface area (Å²) in [6.07, 6.45) is 0.853. The van der Waals surface area contributed by atoms with Gasteiger partial charge in [0, 0.05) is 26.8 Å². The molecule has 1 heterocycles. The highest BCUT2D eigenvalue weighted by Crippen LogP contribution is 2.18. The van der Waals surface area contributed by atoms with E-state index in [2.05, 4.69) is 11.4 Å². The minimum atomic E-state index is -0.0646. The molecule has 0 bridgehead atoms. The van der Waals surface area contributed by atoms with Gasteiger partial charge >= 0.3 is 6.03 Å². The number of morpholine rings is 1. The molecule has 1 aliphatic heterocycles. The van der Waals surface area contributed by atoms with Gasteiger partial charge in [0.2, 0.25) is 0 Å². The highest BCUT2D eigenvalue weighted by atomic mass is 16.5. The SMILES string of the molecule is COCC[C@@H]1CN(C(=O)NCCOc2cc(C)ccc2C)CCO1. The molecule has 134 valence electrons. The van der Waals surface area contributed by atoms with E-state index in [1.54, 1.807) is 12.0 Å². The van der Waals surface area contributed by atoms with Crippen molar-refractivity contribution in [3.63, 3.8) is 0 Å². The third kappa shape index (κ3) is 5.69. The number of benzene rings is 1. The van der Waals surface area contributed by atoms with Crippen LogP contribution in [0.4, 0.5) is 4.79 Å². The normalized spacial score (nSPS) is 17.6. The number of hydrogen-bond donors (Lipinski definition) is 1. The molecule has 6 nitrogen and oxygen atoms in total. The zero-order valence-corrected chi connectivity index (χ0v) is 14.8. The van der Waals surface area contributed by atoms with E-state index in [4.69, 9.17) is 14.2 Å². The number of carbonyl (C=O) groups is 1. The second-order valence-electron chi connectivity index (χ2n) is 6.07. The van der Waals surface area contributed by atoms with E-state index >= 15 is 0 Å². The molecular weight excluding hydrogens is 308 g/mol. The zero-order valence-electron chi connectivity index (χ0n) is 14.8. The van der Waals surface area contributed by atoms with Crippen LogP contribution in [0, 0.1) is 13.8 Å². The van der Waals surface area contributed by atoms with Gasteiger partial charge in [0.15, 0.2) is 0 Å². The van der Waals surface area contributed by atoms with Crippen molar-refractivity contribution in [1.29, 1.82) is 0 Å². The second kappa shape index (κ2) is 9.49. The zero-order chi connectivity index (χ0) is 17.4. The number of carbonyl (C=O) groups excluding carboxylic acids is 1. The van der Waals surface area contributed by atoms with Crippen LogP contribution in [0.2, 0.25) is 0 Å². The molecule has 0 aliphatic carbocycles. The molecule has 6 heteroatoms. The van der Waals surface area contributed by atoms with Gasteiger partial charge in [-0.05, 0) is 37.5 Å². The Morgan fingerprint density at radius 3 is 3.00 bits per heavy atom. The number of amides is 2. The van der Waals surface area contributed by atoms with E-state index < -0.39 is 0 Å². The maximum absolute atomic E-state index is 12.2. The summed E-state index contributed by atoms with van der Waals surface area (Å²) in [4.78, 5) is 14.0. The van der Waals surface area contributed by atoms with Gasteiger partial charge in [0.25, 0.3) is 0 Å². The summed E-state index contributed by atoms with van der Waals surface area (Å²) in [5.41, 5.74) is 2.26. The number of rotatable bonds is 7. The first-order chi connectivity index (χ1) is 11.6. The lowest BCUT2D eigenvalue weighted by molar-refractivity contribution is -0.0276. The van der Waals surface area contributed by atoms with Crippen molar-refractivity contribution in [2.75, 3.05) is 46.6 Å². The van der Waals surface area contributed by atoms with E-state index in [1.807, 2.05) is 26.0 Å². The summed E-state index contributed by atoms with van der Waals surface area (Å²) >= 11 is 0. The molecule has 1 saturated heterocycles. The van der Waals surface area contributed by atoms with Crippen LogP contribution in [-0.4, -0.2) is 63.6 Å². The topological polar surface area (TPSA) is 60.0 Å². The number of urea groups is 1. The molecule has 24 heavy (non-hydrogen) atoms. The number of nitrogens with one attached hydrogen (secondary N) is 1. The molecule has 1 aliphatic rings. The Morgan fingerprint density at radius 2 is 2.21 bits per heavy atom. The Morgan fingerprint density at radius 1 is 1.38 bits per heavy atom. The summed E-state index contributed by atoms with van der Waals surface area (Å²) in [6.45, 7) is 7.42. The summed E-state index contributed by atoms with van der Waals surface area (Å²) < 4.78 is 16.5. The first-order valence-corrected chi connectivity index (χ1v) is 8.43. The van der Waals surface area contributed by atoms with Gasteiger partial charge in [-0.15, -0.1) is 0 Å². The molecule has 0 radical (unpaired) electrons. The molecule has 1 aromatic carbocycles. The lowest BCUT2D eigenvalue weighted by Gasteiger charge is -2.32. The molecule has 0 aromatic heterocycles.